The quantitative estimate of drug-likeness (QED) is 0.642. The Morgan fingerprint density at radius 3 is 2.74 bits per heavy atom. The van der Waals surface area contributed by atoms with E-state index in [0.29, 0.717) is 55.0 Å². The van der Waals surface area contributed by atoms with E-state index in [0.717, 1.165) is 51.5 Å². The molecule has 0 bridgehead atoms. The summed E-state index contributed by atoms with van der Waals surface area (Å²) in [7, 11) is 0. The van der Waals surface area contributed by atoms with Crippen LogP contribution >= 0.6 is 11.3 Å². The number of rotatable bonds is 1. The first-order valence-corrected chi connectivity index (χ1v) is 13.5. The predicted octanol–water partition coefficient (Wildman–Crippen LogP) is 3.83. The second kappa shape index (κ2) is 10.5. The molecule has 0 radical (unpaired) electrons. The molecular formula is C26H34N4O4S. The molecule has 5 rings (SSSR count). The SMILES string of the molecule is Nc1nc(C(=O)N2CCC3(CCCCOC[C@@H]4CCCN4C(=O)c4ccccc4OC3)CC2)cs1. The Morgan fingerprint density at radius 1 is 1.11 bits per heavy atom. The predicted molar refractivity (Wildman–Crippen MR) is 135 cm³/mol. The molecule has 8 nitrogen and oxygen atoms in total. The lowest BCUT2D eigenvalue weighted by atomic mass is 9.75. The van der Waals surface area contributed by atoms with Crippen molar-refractivity contribution in [2.45, 2.75) is 51.0 Å². The lowest BCUT2D eigenvalue weighted by Crippen LogP contribution is -2.46. The molecule has 2 N–H and O–H groups in total. The second-order valence-electron chi connectivity index (χ2n) is 9.97. The number of amides is 2. The van der Waals surface area contributed by atoms with Crippen LogP contribution in [0.5, 0.6) is 5.75 Å². The zero-order chi connectivity index (χ0) is 24.3. The van der Waals surface area contributed by atoms with E-state index < -0.39 is 0 Å². The number of thiazole rings is 1. The molecule has 1 spiro atoms. The van der Waals surface area contributed by atoms with Gasteiger partial charge in [-0.05, 0) is 50.7 Å². The summed E-state index contributed by atoms with van der Waals surface area (Å²) in [5.74, 6) is 0.622. The summed E-state index contributed by atoms with van der Waals surface area (Å²) in [6, 6.07) is 7.73. The molecule has 4 heterocycles. The lowest BCUT2D eigenvalue weighted by Gasteiger charge is -2.42. The highest BCUT2D eigenvalue weighted by atomic mass is 32.1. The van der Waals surface area contributed by atoms with Gasteiger partial charge in [-0.2, -0.15) is 0 Å². The highest BCUT2D eigenvalue weighted by Crippen LogP contribution is 2.38. The first kappa shape index (κ1) is 24.1. The summed E-state index contributed by atoms with van der Waals surface area (Å²) in [6.45, 7) is 3.92. The van der Waals surface area contributed by atoms with E-state index in [4.69, 9.17) is 15.2 Å². The lowest BCUT2D eigenvalue weighted by molar-refractivity contribution is 0.0301. The van der Waals surface area contributed by atoms with Crippen LogP contribution in [-0.2, 0) is 4.74 Å². The number of hydrogen-bond acceptors (Lipinski definition) is 7. The molecule has 2 amide bonds. The fraction of sp³-hybridized carbons (Fsp3) is 0.577. The van der Waals surface area contributed by atoms with Gasteiger partial charge < -0.3 is 25.0 Å². The summed E-state index contributed by atoms with van der Waals surface area (Å²) < 4.78 is 12.4. The van der Waals surface area contributed by atoms with Crippen molar-refractivity contribution >= 4 is 28.3 Å². The number of para-hydroxylation sites is 1. The van der Waals surface area contributed by atoms with Gasteiger partial charge >= 0.3 is 0 Å². The number of aromatic nitrogens is 1. The summed E-state index contributed by atoms with van der Waals surface area (Å²) in [6.07, 6.45) is 6.74. The van der Waals surface area contributed by atoms with Crippen molar-refractivity contribution in [1.82, 2.24) is 14.8 Å². The number of nitrogens with zero attached hydrogens (tertiary/aromatic N) is 3. The van der Waals surface area contributed by atoms with Gasteiger partial charge in [0, 0.05) is 37.0 Å². The minimum Gasteiger partial charge on any atom is -0.492 e. The van der Waals surface area contributed by atoms with Crippen LogP contribution in [0.3, 0.4) is 0 Å². The van der Waals surface area contributed by atoms with E-state index in [9.17, 15) is 9.59 Å². The molecular weight excluding hydrogens is 464 g/mol. The largest absolute Gasteiger partial charge is 0.492 e. The fourth-order valence-corrected chi connectivity index (χ4v) is 6.09. The van der Waals surface area contributed by atoms with Crippen LogP contribution in [0.4, 0.5) is 5.13 Å². The molecule has 3 aliphatic heterocycles. The molecule has 1 aromatic carbocycles. The van der Waals surface area contributed by atoms with Crippen molar-refractivity contribution in [3.8, 4) is 5.75 Å². The average molecular weight is 499 g/mol. The van der Waals surface area contributed by atoms with Gasteiger partial charge in [0.2, 0.25) is 0 Å². The smallest absolute Gasteiger partial charge is 0.273 e. The summed E-state index contributed by atoms with van der Waals surface area (Å²) in [5, 5.41) is 2.14. The minimum absolute atomic E-state index is 0.0285. The second-order valence-corrected chi connectivity index (χ2v) is 10.9. The first-order valence-electron chi connectivity index (χ1n) is 12.7. The number of fused-ring (bicyclic) bond motifs is 2. The van der Waals surface area contributed by atoms with Crippen molar-refractivity contribution in [3.63, 3.8) is 0 Å². The van der Waals surface area contributed by atoms with E-state index in [2.05, 4.69) is 4.98 Å². The zero-order valence-corrected chi connectivity index (χ0v) is 20.9. The maximum atomic E-state index is 13.4. The third-order valence-electron chi connectivity index (χ3n) is 7.70. The number of carbonyl (C=O) groups is 2. The number of anilines is 1. The molecule has 1 atom stereocenters. The van der Waals surface area contributed by atoms with Crippen molar-refractivity contribution < 1.29 is 19.1 Å². The Labute approximate surface area is 210 Å². The van der Waals surface area contributed by atoms with Crippen LogP contribution in [0.2, 0.25) is 0 Å². The van der Waals surface area contributed by atoms with Gasteiger partial charge in [0.15, 0.2) is 5.13 Å². The third kappa shape index (κ3) is 5.30. The topological polar surface area (TPSA) is 98.0 Å². The number of benzene rings is 1. The van der Waals surface area contributed by atoms with Crippen LogP contribution < -0.4 is 10.5 Å². The molecule has 2 fully saturated rings. The normalized spacial score (nSPS) is 23.3. The molecule has 1 aromatic heterocycles. The number of nitrogens with two attached hydrogens (primary N) is 1. The highest BCUT2D eigenvalue weighted by molar-refractivity contribution is 7.13. The summed E-state index contributed by atoms with van der Waals surface area (Å²) in [4.78, 5) is 34.3. The van der Waals surface area contributed by atoms with Gasteiger partial charge in [-0.3, -0.25) is 9.59 Å². The molecule has 3 aliphatic rings. The van der Waals surface area contributed by atoms with Gasteiger partial charge in [0.05, 0.1) is 24.8 Å². The Kier molecular flexibility index (Phi) is 7.24. The number of piperidine rings is 1. The molecule has 9 heteroatoms. The number of ether oxygens (including phenoxy) is 2. The monoisotopic (exact) mass is 498 g/mol. The zero-order valence-electron chi connectivity index (χ0n) is 20.1. The van der Waals surface area contributed by atoms with E-state index in [-0.39, 0.29) is 23.3 Å². The van der Waals surface area contributed by atoms with Gasteiger partial charge in [-0.25, -0.2) is 4.98 Å². The van der Waals surface area contributed by atoms with Gasteiger partial charge in [0.25, 0.3) is 11.8 Å². The number of hydrogen-bond donors (Lipinski definition) is 1. The van der Waals surface area contributed by atoms with E-state index in [1.807, 2.05) is 34.1 Å². The van der Waals surface area contributed by atoms with E-state index in [1.54, 1.807) is 5.38 Å². The molecule has 0 saturated carbocycles. The van der Waals surface area contributed by atoms with Crippen LogP contribution in [0.25, 0.3) is 0 Å². The Morgan fingerprint density at radius 2 is 1.94 bits per heavy atom. The van der Waals surface area contributed by atoms with Crippen molar-refractivity contribution in [1.29, 1.82) is 0 Å². The highest BCUT2D eigenvalue weighted by Gasteiger charge is 2.38. The van der Waals surface area contributed by atoms with Gasteiger partial charge in [0.1, 0.15) is 11.4 Å². The molecule has 2 saturated heterocycles. The van der Waals surface area contributed by atoms with Crippen molar-refractivity contribution in [3.05, 3.63) is 40.9 Å². The molecule has 188 valence electrons. The molecule has 2 aromatic rings. The average Bonchev–Trinajstić information content (AvgIpc) is 3.53. The standard InChI is InChI=1S/C26H34N4O4S/c27-25-28-21(17-35-25)24(32)29-13-10-26(11-14-29)9-3-4-15-33-16-19-6-5-12-30(19)23(31)20-7-1-2-8-22(20)34-18-26/h1-2,7-8,17,19H,3-6,9-16,18H2,(H2,27,28)/t19-/m0/s1. The maximum Gasteiger partial charge on any atom is 0.273 e. The van der Waals surface area contributed by atoms with Crippen LogP contribution in [0.1, 0.15) is 65.8 Å². The number of nitrogen functional groups attached to an aromatic ring is 1. The summed E-state index contributed by atoms with van der Waals surface area (Å²) in [5.41, 5.74) is 6.73. The van der Waals surface area contributed by atoms with Crippen LogP contribution in [0.15, 0.2) is 29.6 Å². The molecule has 0 aliphatic carbocycles. The van der Waals surface area contributed by atoms with Crippen LogP contribution in [-0.4, -0.2) is 72.1 Å². The van der Waals surface area contributed by atoms with E-state index >= 15 is 0 Å². The summed E-state index contributed by atoms with van der Waals surface area (Å²) >= 11 is 1.29. The molecule has 35 heavy (non-hydrogen) atoms. The van der Waals surface area contributed by atoms with Gasteiger partial charge in [-0.15, -0.1) is 11.3 Å². The Balaban J connectivity index is 1.32. The van der Waals surface area contributed by atoms with Crippen LogP contribution in [0, 0.1) is 5.41 Å². The van der Waals surface area contributed by atoms with Crippen molar-refractivity contribution in [2.75, 3.05) is 45.2 Å². The van der Waals surface area contributed by atoms with E-state index in [1.165, 1.54) is 11.3 Å². The maximum absolute atomic E-state index is 13.4. The Hall–Kier alpha value is -2.65. The third-order valence-corrected chi connectivity index (χ3v) is 8.37. The number of likely N-dealkylation sites (tertiary alicyclic amines) is 1. The van der Waals surface area contributed by atoms with Crippen molar-refractivity contribution in [2.24, 2.45) is 5.41 Å². The number of carbonyl (C=O) groups excluding carboxylic acids is 2. The minimum atomic E-state index is -0.0564. The van der Waals surface area contributed by atoms with Gasteiger partial charge in [-0.1, -0.05) is 18.6 Å². The fourth-order valence-electron chi connectivity index (χ4n) is 5.55. The first-order chi connectivity index (χ1) is 17.0. The Bertz CT molecular complexity index is 1050. The molecule has 0 unspecified atom stereocenters.